The summed E-state index contributed by atoms with van der Waals surface area (Å²) in [6.45, 7) is 1.92. The molecule has 0 spiro atoms. The molecule has 0 saturated carbocycles. The molecule has 1 heterocycles. The molecule has 5 heteroatoms. The number of benzene rings is 1. The highest BCUT2D eigenvalue weighted by Crippen LogP contribution is 2.17. The highest BCUT2D eigenvalue weighted by atomic mass is 79.9. The highest BCUT2D eigenvalue weighted by Gasteiger charge is 2.06. The van der Waals surface area contributed by atoms with Crippen LogP contribution in [-0.2, 0) is 11.2 Å². The minimum Gasteiger partial charge on any atom is -0.310 e. The van der Waals surface area contributed by atoms with E-state index >= 15 is 0 Å². The molecule has 2 aromatic rings. The number of carbonyl (C=O) groups is 1. The first-order chi connectivity index (χ1) is 9.04. The van der Waals surface area contributed by atoms with Crippen molar-refractivity contribution in [3.05, 3.63) is 57.9 Å². The fourth-order valence-electron chi connectivity index (χ4n) is 1.58. The van der Waals surface area contributed by atoms with E-state index in [2.05, 4.69) is 26.2 Å². The van der Waals surface area contributed by atoms with Gasteiger partial charge in [0.15, 0.2) is 0 Å². The Hall–Kier alpha value is -1.75. The summed E-state index contributed by atoms with van der Waals surface area (Å²) in [6, 6.07) is 7.65. The van der Waals surface area contributed by atoms with Crippen molar-refractivity contribution >= 4 is 27.7 Å². The molecule has 1 aromatic carbocycles. The van der Waals surface area contributed by atoms with Gasteiger partial charge in [-0.05, 0) is 52.2 Å². The molecule has 1 amide bonds. The third kappa shape index (κ3) is 3.86. The Labute approximate surface area is 119 Å². The molecule has 98 valence electrons. The summed E-state index contributed by atoms with van der Waals surface area (Å²) in [5.74, 6) is 0.0167. The molecule has 0 saturated heterocycles. The Morgan fingerprint density at radius 3 is 2.68 bits per heavy atom. The van der Waals surface area contributed by atoms with Gasteiger partial charge in [0.1, 0.15) is 11.6 Å². The number of rotatable bonds is 3. The van der Waals surface area contributed by atoms with Crippen molar-refractivity contribution in [1.82, 2.24) is 4.98 Å². The molecule has 0 radical (unpaired) electrons. The number of aryl methyl sites for hydroxylation is 1. The Morgan fingerprint density at radius 1 is 1.37 bits per heavy atom. The summed E-state index contributed by atoms with van der Waals surface area (Å²) in [4.78, 5) is 15.9. The topological polar surface area (TPSA) is 42.0 Å². The first-order valence-electron chi connectivity index (χ1n) is 5.71. The molecule has 3 nitrogen and oxygen atoms in total. The van der Waals surface area contributed by atoms with Crippen LogP contribution in [0.25, 0.3) is 0 Å². The normalized spacial score (nSPS) is 10.3. The Kier molecular flexibility index (Phi) is 4.27. The number of hydrogen-bond acceptors (Lipinski definition) is 2. The molecule has 1 aromatic heterocycles. The number of halogens is 2. The van der Waals surface area contributed by atoms with Gasteiger partial charge in [0.05, 0.1) is 6.42 Å². The standard InChI is InChI=1S/C14H12BrFN2O/c1-9-6-13(17-8-12(9)15)18-14(19)7-10-2-4-11(16)5-3-10/h2-6,8H,7H2,1H3,(H,17,18,19). The van der Waals surface area contributed by atoms with Crippen LogP contribution in [-0.4, -0.2) is 10.9 Å². The van der Waals surface area contributed by atoms with Crippen LogP contribution in [0.3, 0.4) is 0 Å². The molecule has 0 unspecified atom stereocenters. The zero-order valence-corrected chi connectivity index (χ0v) is 11.9. The molecule has 1 N–H and O–H groups in total. The maximum atomic E-state index is 12.7. The van der Waals surface area contributed by atoms with Gasteiger partial charge < -0.3 is 5.32 Å². The van der Waals surface area contributed by atoms with Gasteiger partial charge in [0.2, 0.25) is 5.91 Å². The summed E-state index contributed by atoms with van der Waals surface area (Å²) < 4.78 is 13.6. The van der Waals surface area contributed by atoms with Gasteiger partial charge in [0, 0.05) is 10.7 Å². The van der Waals surface area contributed by atoms with Crippen LogP contribution in [0.15, 0.2) is 41.0 Å². The molecule has 0 aliphatic rings. The van der Waals surface area contributed by atoms with Crippen LogP contribution < -0.4 is 5.32 Å². The van der Waals surface area contributed by atoms with E-state index in [4.69, 9.17) is 0 Å². The number of aromatic nitrogens is 1. The lowest BCUT2D eigenvalue weighted by Crippen LogP contribution is -2.15. The van der Waals surface area contributed by atoms with E-state index in [-0.39, 0.29) is 18.1 Å². The minimum absolute atomic E-state index is 0.180. The summed E-state index contributed by atoms with van der Waals surface area (Å²) in [7, 11) is 0. The molecule has 0 aliphatic heterocycles. The van der Waals surface area contributed by atoms with Crippen molar-refractivity contribution < 1.29 is 9.18 Å². The number of carbonyl (C=O) groups excluding carboxylic acids is 1. The van der Waals surface area contributed by atoms with Crippen molar-refractivity contribution in [2.24, 2.45) is 0 Å². The second-order valence-corrected chi connectivity index (χ2v) is 5.02. The molecular formula is C14H12BrFN2O. The number of nitrogens with one attached hydrogen (secondary N) is 1. The zero-order chi connectivity index (χ0) is 13.8. The largest absolute Gasteiger partial charge is 0.310 e. The van der Waals surface area contributed by atoms with Crippen LogP contribution in [0.1, 0.15) is 11.1 Å². The summed E-state index contributed by atoms with van der Waals surface area (Å²) in [5.41, 5.74) is 1.75. The van der Waals surface area contributed by atoms with Crippen LogP contribution in [0.5, 0.6) is 0 Å². The molecule has 0 aliphatic carbocycles. The summed E-state index contributed by atoms with van der Waals surface area (Å²) >= 11 is 3.35. The Morgan fingerprint density at radius 2 is 2.05 bits per heavy atom. The quantitative estimate of drug-likeness (QED) is 0.940. The molecule has 0 fully saturated rings. The summed E-state index contributed by atoms with van der Waals surface area (Å²) in [6.07, 6.45) is 1.83. The first kappa shape index (κ1) is 13.7. The maximum Gasteiger partial charge on any atom is 0.229 e. The number of nitrogens with zero attached hydrogens (tertiary/aromatic N) is 1. The van der Waals surface area contributed by atoms with Crippen molar-refractivity contribution in [2.75, 3.05) is 5.32 Å². The first-order valence-corrected chi connectivity index (χ1v) is 6.50. The molecule has 19 heavy (non-hydrogen) atoms. The van der Waals surface area contributed by atoms with Crippen molar-refractivity contribution in [2.45, 2.75) is 13.3 Å². The van der Waals surface area contributed by atoms with E-state index in [0.29, 0.717) is 5.82 Å². The van der Waals surface area contributed by atoms with Crippen LogP contribution in [0.2, 0.25) is 0 Å². The fraction of sp³-hybridized carbons (Fsp3) is 0.143. The molecule has 2 rings (SSSR count). The smallest absolute Gasteiger partial charge is 0.229 e. The maximum absolute atomic E-state index is 12.7. The lowest BCUT2D eigenvalue weighted by molar-refractivity contribution is -0.115. The van der Waals surface area contributed by atoms with Gasteiger partial charge in [0.25, 0.3) is 0 Å². The number of amides is 1. The van der Waals surface area contributed by atoms with E-state index in [1.807, 2.05) is 6.92 Å². The predicted octanol–water partition coefficient (Wildman–Crippen LogP) is 3.47. The average molecular weight is 323 g/mol. The Balaban J connectivity index is 2.01. The average Bonchev–Trinajstić information content (AvgIpc) is 2.37. The van der Waals surface area contributed by atoms with Crippen molar-refractivity contribution in [3.63, 3.8) is 0 Å². The fourth-order valence-corrected chi connectivity index (χ4v) is 1.80. The van der Waals surface area contributed by atoms with Gasteiger partial charge >= 0.3 is 0 Å². The SMILES string of the molecule is Cc1cc(NC(=O)Cc2ccc(F)cc2)ncc1Br. The molecular weight excluding hydrogens is 311 g/mol. The number of anilines is 1. The lowest BCUT2D eigenvalue weighted by atomic mass is 10.1. The third-order valence-corrected chi connectivity index (χ3v) is 3.42. The van der Waals surface area contributed by atoms with Crippen molar-refractivity contribution in [3.8, 4) is 0 Å². The third-order valence-electron chi connectivity index (χ3n) is 2.59. The van der Waals surface area contributed by atoms with Gasteiger partial charge in [-0.3, -0.25) is 4.79 Å². The van der Waals surface area contributed by atoms with E-state index in [9.17, 15) is 9.18 Å². The van der Waals surface area contributed by atoms with Gasteiger partial charge in [-0.15, -0.1) is 0 Å². The zero-order valence-electron chi connectivity index (χ0n) is 10.3. The van der Waals surface area contributed by atoms with Gasteiger partial charge in [-0.25, -0.2) is 9.37 Å². The summed E-state index contributed by atoms with van der Waals surface area (Å²) in [5, 5.41) is 2.71. The second-order valence-electron chi connectivity index (χ2n) is 4.17. The van der Waals surface area contributed by atoms with Crippen molar-refractivity contribution in [1.29, 1.82) is 0 Å². The molecule has 0 atom stereocenters. The monoisotopic (exact) mass is 322 g/mol. The van der Waals surface area contributed by atoms with E-state index < -0.39 is 0 Å². The van der Waals surface area contributed by atoms with E-state index in [1.54, 1.807) is 24.4 Å². The Bertz CT molecular complexity index is 599. The number of pyridine rings is 1. The molecule has 0 bridgehead atoms. The van der Waals surface area contributed by atoms with Crippen LogP contribution in [0, 0.1) is 12.7 Å². The van der Waals surface area contributed by atoms with Gasteiger partial charge in [-0.1, -0.05) is 12.1 Å². The highest BCUT2D eigenvalue weighted by molar-refractivity contribution is 9.10. The number of hydrogen-bond donors (Lipinski definition) is 1. The van der Waals surface area contributed by atoms with E-state index in [0.717, 1.165) is 15.6 Å². The van der Waals surface area contributed by atoms with E-state index in [1.165, 1.54) is 12.1 Å². The predicted molar refractivity (Wildman–Crippen MR) is 75.4 cm³/mol. The van der Waals surface area contributed by atoms with Crippen LogP contribution >= 0.6 is 15.9 Å². The van der Waals surface area contributed by atoms with Gasteiger partial charge in [-0.2, -0.15) is 0 Å². The minimum atomic E-state index is -0.311. The lowest BCUT2D eigenvalue weighted by Gasteiger charge is -2.06. The second kappa shape index (κ2) is 5.93. The van der Waals surface area contributed by atoms with Crippen LogP contribution in [0.4, 0.5) is 10.2 Å².